The van der Waals surface area contributed by atoms with E-state index in [1.54, 1.807) is 13.8 Å². The van der Waals surface area contributed by atoms with Crippen molar-refractivity contribution in [1.82, 2.24) is 5.32 Å². The van der Waals surface area contributed by atoms with Crippen molar-refractivity contribution >= 4 is 11.9 Å². The Bertz CT molecular complexity index is 509. The predicted molar refractivity (Wildman–Crippen MR) is 69.6 cm³/mol. The molecular formula is C14H16F3NO3. The molecule has 21 heavy (non-hydrogen) atoms. The summed E-state index contributed by atoms with van der Waals surface area (Å²) in [6.45, 7) is 3.30. The maximum Gasteiger partial charge on any atom is 0.416 e. The number of carboxylic acids is 1. The van der Waals surface area contributed by atoms with E-state index in [0.29, 0.717) is 5.56 Å². The number of carboxylic acid groups (broad SMARTS) is 1. The number of amides is 1. The molecule has 1 rings (SSSR count). The molecular weight excluding hydrogens is 287 g/mol. The van der Waals surface area contributed by atoms with E-state index in [1.807, 2.05) is 0 Å². The van der Waals surface area contributed by atoms with E-state index in [1.165, 1.54) is 12.1 Å². The van der Waals surface area contributed by atoms with Gasteiger partial charge in [-0.15, -0.1) is 0 Å². The van der Waals surface area contributed by atoms with Gasteiger partial charge in [0.2, 0.25) is 5.91 Å². The minimum absolute atomic E-state index is 0.172. The van der Waals surface area contributed by atoms with Crippen molar-refractivity contribution in [1.29, 1.82) is 0 Å². The van der Waals surface area contributed by atoms with Gasteiger partial charge in [-0.1, -0.05) is 26.0 Å². The second-order valence-electron chi connectivity index (χ2n) is 5.00. The SMILES string of the molecule is CC(C)[C@H](NC(=O)Cc1ccc(C(F)(F)F)cc1)C(=O)O. The fraction of sp³-hybridized carbons (Fsp3) is 0.429. The lowest BCUT2D eigenvalue weighted by Gasteiger charge is -2.17. The molecule has 0 radical (unpaired) electrons. The Balaban J connectivity index is 2.69. The second kappa shape index (κ2) is 6.60. The van der Waals surface area contributed by atoms with Crippen molar-refractivity contribution in [2.45, 2.75) is 32.5 Å². The highest BCUT2D eigenvalue weighted by Crippen LogP contribution is 2.29. The topological polar surface area (TPSA) is 66.4 Å². The molecule has 0 heterocycles. The average Bonchev–Trinajstić information content (AvgIpc) is 2.34. The van der Waals surface area contributed by atoms with Gasteiger partial charge in [0.1, 0.15) is 6.04 Å². The fourth-order valence-electron chi connectivity index (χ4n) is 1.74. The first-order valence-electron chi connectivity index (χ1n) is 6.29. The van der Waals surface area contributed by atoms with Gasteiger partial charge in [0, 0.05) is 0 Å². The van der Waals surface area contributed by atoms with E-state index >= 15 is 0 Å². The summed E-state index contributed by atoms with van der Waals surface area (Å²) in [5.41, 5.74) is -0.411. The number of carbonyl (C=O) groups excluding carboxylic acids is 1. The first-order valence-corrected chi connectivity index (χ1v) is 6.29. The van der Waals surface area contributed by atoms with Crippen LogP contribution in [0.1, 0.15) is 25.0 Å². The molecule has 1 amide bonds. The number of hydrogen-bond donors (Lipinski definition) is 2. The molecule has 0 spiro atoms. The van der Waals surface area contributed by atoms with Gasteiger partial charge >= 0.3 is 12.1 Å². The fourth-order valence-corrected chi connectivity index (χ4v) is 1.74. The zero-order valence-electron chi connectivity index (χ0n) is 11.6. The third-order valence-electron chi connectivity index (χ3n) is 2.90. The zero-order chi connectivity index (χ0) is 16.2. The third-order valence-corrected chi connectivity index (χ3v) is 2.90. The molecule has 1 aromatic rings. The average molecular weight is 303 g/mol. The molecule has 0 saturated carbocycles. The minimum atomic E-state index is -4.42. The quantitative estimate of drug-likeness (QED) is 0.878. The van der Waals surface area contributed by atoms with Crippen LogP contribution in [0.5, 0.6) is 0 Å². The lowest BCUT2D eigenvalue weighted by atomic mass is 10.0. The molecule has 0 aliphatic carbocycles. The van der Waals surface area contributed by atoms with E-state index in [4.69, 9.17) is 5.11 Å². The minimum Gasteiger partial charge on any atom is -0.480 e. The first-order chi connectivity index (χ1) is 9.61. The van der Waals surface area contributed by atoms with Crippen LogP contribution in [-0.4, -0.2) is 23.0 Å². The van der Waals surface area contributed by atoms with Crippen molar-refractivity contribution < 1.29 is 27.9 Å². The summed E-state index contributed by atoms with van der Waals surface area (Å²) in [6, 6.07) is 3.16. The monoisotopic (exact) mass is 303 g/mol. The van der Waals surface area contributed by atoms with Crippen LogP contribution >= 0.6 is 0 Å². The summed E-state index contributed by atoms with van der Waals surface area (Å²) < 4.78 is 37.2. The Morgan fingerprint density at radius 1 is 1.19 bits per heavy atom. The standard InChI is InChI=1S/C14H16F3NO3/c1-8(2)12(13(20)21)18-11(19)7-9-3-5-10(6-4-9)14(15,16)17/h3-6,8,12H,7H2,1-2H3,(H,18,19)(H,20,21)/t12-/m0/s1. The van der Waals surface area contributed by atoms with Gasteiger partial charge in [0.05, 0.1) is 12.0 Å². The number of benzene rings is 1. The van der Waals surface area contributed by atoms with Crippen molar-refractivity contribution in [3.63, 3.8) is 0 Å². The number of carbonyl (C=O) groups is 2. The lowest BCUT2D eigenvalue weighted by Crippen LogP contribution is -2.44. The van der Waals surface area contributed by atoms with Gasteiger partial charge in [-0.25, -0.2) is 4.79 Å². The summed E-state index contributed by atoms with van der Waals surface area (Å²) in [5, 5.41) is 11.3. The van der Waals surface area contributed by atoms with Crippen molar-refractivity contribution in [3.05, 3.63) is 35.4 Å². The predicted octanol–water partition coefficient (Wildman–Crippen LogP) is 2.47. The first kappa shape index (κ1) is 17.0. The van der Waals surface area contributed by atoms with E-state index in [9.17, 15) is 22.8 Å². The number of aliphatic carboxylic acids is 1. The third kappa shape index (κ3) is 5.09. The van der Waals surface area contributed by atoms with Crippen LogP contribution in [0, 0.1) is 5.92 Å². The normalized spacial score (nSPS) is 13.0. The maximum absolute atomic E-state index is 12.4. The van der Waals surface area contributed by atoms with Crippen molar-refractivity contribution in [2.24, 2.45) is 5.92 Å². The maximum atomic E-state index is 12.4. The second-order valence-corrected chi connectivity index (χ2v) is 5.00. The molecule has 1 aromatic carbocycles. The highest BCUT2D eigenvalue weighted by Gasteiger charge is 2.30. The Kier molecular flexibility index (Phi) is 5.34. The number of nitrogens with one attached hydrogen (secondary N) is 1. The summed E-state index contributed by atoms with van der Waals surface area (Å²) >= 11 is 0. The van der Waals surface area contributed by atoms with Crippen LogP contribution in [0.15, 0.2) is 24.3 Å². The molecule has 0 aliphatic heterocycles. The van der Waals surface area contributed by atoms with Crippen LogP contribution in [-0.2, 0) is 22.2 Å². The van der Waals surface area contributed by atoms with Gasteiger partial charge in [0.25, 0.3) is 0 Å². The van der Waals surface area contributed by atoms with Crippen molar-refractivity contribution in [2.75, 3.05) is 0 Å². The van der Waals surface area contributed by atoms with Crippen LogP contribution in [0.25, 0.3) is 0 Å². The van der Waals surface area contributed by atoms with E-state index in [2.05, 4.69) is 5.32 Å². The van der Waals surface area contributed by atoms with Crippen LogP contribution < -0.4 is 5.32 Å². The van der Waals surface area contributed by atoms with Crippen LogP contribution in [0.3, 0.4) is 0 Å². The summed E-state index contributed by atoms with van der Waals surface area (Å²) in [7, 11) is 0. The molecule has 2 N–H and O–H groups in total. The molecule has 116 valence electrons. The molecule has 4 nitrogen and oxygen atoms in total. The Hall–Kier alpha value is -2.05. The number of alkyl halides is 3. The Morgan fingerprint density at radius 2 is 1.71 bits per heavy atom. The highest BCUT2D eigenvalue weighted by atomic mass is 19.4. The zero-order valence-corrected chi connectivity index (χ0v) is 11.6. The largest absolute Gasteiger partial charge is 0.480 e. The van der Waals surface area contributed by atoms with Crippen LogP contribution in [0.2, 0.25) is 0 Å². The smallest absolute Gasteiger partial charge is 0.416 e. The highest BCUT2D eigenvalue weighted by molar-refractivity contribution is 5.85. The molecule has 0 aromatic heterocycles. The molecule has 0 saturated heterocycles. The summed E-state index contributed by atoms with van der Waals surface area (Å²) in [5.74, 6) is -1.99. The molecule has 0 fully saturated rings. The van der Waals surface area contributed by atoms with Gasteiger partial charge in [-0.3, -0.25) is 4.79 Å². The van der Waals surface area contributed by atoms with E-state index in [0.717, 1.165) is 12.1 Å². The molecule has 0 bridgehead atoms. The summed E-state index contributed by atoms with van der Waals surface area (Å²) in [6.07, 6.45) is -4.60. The molecule has 7 heteroatoms. The van der Waals surface area contributed by atoms with Crippen molar-refractivity contribution in [3.8, 4) is 0 Å². The number of halogens is 3. The molecule has 1 atom stereocenters. The summed E-state index contributed by atoms with van der Waals surface area (Å²) in [4.78, 5) is 22.7. The van der Waals surface area contributed by atoms with Gasteiger partial charge < -0.3 is 10.4 Å². The van der Waals surface area contributed by atoms with E-state index < -0.39 is 29.7 Å². The Morgan fingerprint density at radius 3 is 2.10 bits per heavy atom. The van der Waals surface area contributed by atoms with E-state index in [-0.39, 0.29) is 12.3 Å². The molecule has 0 aliphatic rings. The molecule has 0 unspecified atom stereocenters. The van der Waals surface area contributed by atoms with Gasteiger partial charge in [0.15, 0.2) is 0 Å². The lowest BCUT2D eigenvalue weighted by molar-refractivity contribution is -0.143. The van der Waals surface area contributed by atoms with Crippen LogP contribution in [0.4, 0.5) is 13.2 Å². The number of rotatable bonds is 5. The van der Waals surface area contributed by atoms with Gasteiger partial charge in [-0.05, 0) is 23.6 Å². The van der Waals surface area contributed by atoms with Gasteiger partial charge in [-0.2, -0.15) is 13.2 Å². The number of hydrogen-bond acceptors (Lipinski definition) is 2. The Labute approximate surface area is 120 Å².